The third kappa shape index (κ3) is 3.06. The van der Waals surface area contributed by atoms with Crippen LogP contribution in [0.4, 0.5) is 0 Å². The summed E-state index contributed by atoms with van der Waals surface area (Å²) >= 11 is 5.92. The van der Waals surface area contributed by atoms with Gasteiger partial charge in [0.2, 0.25) is 0 Å². The van der Waals surface area contributed by atoms with Gasteiger partial charge in [0.25, 0.3) is 0 Å². The van der Waals surface area contributed by atoms with Crippen LogP contribution in [0.1, 0.15) is 45.0 Å². The van der Waals surface area contributed by atoms with Crippen molar-refractivity contribution in [1.29, 1.82) is 0 Å². The van der Waals surface area contributed by atoms with Gasteiger partial charge in [0, 0.05) is 8.04 Å². The Balaban J connectivity index is 2.69. The van der Waals surface area contributed by atoms with Crippen LogP contribution >= 0.6 is 38.5 Å². The van der Waals surface area contributed by atoms with Gasteiger partial charge in [-0.2, -0.15) is 0 Å². The second-order valence-electron chi connectivity index (χ2n) is 5.68. The topological polar surface area (TPSA) is 26.0 Å². The molecule has 0 amide bonds. The van der Waals surface area contributed by atoms with Gasteiger partial charge in [0.05, 0.1) is 6.04 Å². The van der Waals surface area contributed by atoms with Gasteiger partial charge in [-0.05, 0) is 114 Å². The maximum Gasteiger partial charge on any atom is 0.0567 e. The number of benzene rings is 2. The highest BCUT2D eigenvalue weighted by Crippen LogP contribution is 2.34. The second-order valence-corrected chi connectivity index (χ2v) is 7.76. The molecule has 2 aromatic carbocycles. The highest BCUT2D eigenvalue weighted by atomic mass is 127. The van der Waals surface area contributed by atoms with Crippen LogP contribution in [-0.4, -0.2) is 0 Å². The third-order valence-corrected chi connectivity index (χ3v) is 6.14. The van der Waals surface area contributed by atoms with Crippen molar-refractivity contribution in [2.45, 2.75) is 40.7 Å². The van der Waals surface area contributed by atoms with E-state index in [1.807, 2.05) is 0 Å². The van der Waals surface area contributed by atoms with Crippen LogP contribution < -0.4 is 5.73 Å². The molecule has 2 rings (SSSR count). The van der Waals surface area contributed by atoms with Gasteiger partial charge < -0.3 is 5.73 Å². The average molecular weight is 458 g/mol. The lowest BCUT2D eigenvalue weighted by atomic mass is 9.84. The van der Waals surface area contributed by atoms with E-state index in [2.05, 4.69) is 91.3 Å². The Morgan fingerprint density at radius 2 is 1.38 bits per heavy atom. The molecule has 2 N–H and O–H groups in total. The Kier molecular flexibility index (Phi) is 5.16. The molecule has 0 bridgehead atoms. The van der Waals surface area contributed by atoms with Gasteiger partial charge in [-0.15, -0.1) is 0 Å². The first-order valence-electron chi connectivity index (χ1n) is 7.03. The van der Waals surface area contributed by atoms with Crippen molar-refractivity contribution < 1.29 is 0 Å². The molecule has 0 aliphatic carbocycles. The van der Waals surface area contributed by atoms with Gasteiger partial charge in [-0.3, -0.25) is 0 Å². The third-order valence-electron chi connectivity index (χ3n) is 4.66. The first-order chi connectivity index (χ1) is 9.75. The number of halogens is 2. The quantitative estimate of drug-likeness (QED) is 0.580. The molecule has 0 aliphatic rings. The number of nitrogens with two attached hydrogens (primary N) is 1. The van der Waals surface area contributed by atoms with Crippen LogP contribution in [0.25, 0.3) is 0 Å². The van der Waals surface area contributed by atoms with E-state index >= 15 is 0 Å². The molecular weight excluding hydrogens is 437 g/mol. The summed E-state index contributed by atoms with van der Waals surface area (Å²) in [7, 11) is 0. The minimum absolute atomic E-state index is 0.0904. The zero-order valence-electron chi connectivity index (χ0n) is 13.1. The SMILES string of the molecule is Cc1c(C)c(C)c(C(N)c2cc(Br)ccc2I)c(C)c1C. The van der Waals surface area contributed by atoms with E-state index < -0.39 is 0 Å². The van der Waals surface area contributed by atoms with Gasteiger partial charge >= 0.3 is 0 Å². The molecule has 0 saturated heterocycles. The van der Waals surface area contributed by atoms with Gasteiger partial charge in [0.1, 0.15) is 0 Å². The summed E-state index contributed by atoms with van der Waals surface area (Å²) in [5.74, 6) is 0. The fraction of sp³-hybridized carbons (Fsp3) is 0.333. The van der Waals surface area contributed by atoms with Crippen LogP contribution in [0.15, 0.2) is 22.7 Å². The van der Waals surface area contributed by atoms with E-state index in [0.717, 1.165) is 4.47 Å². The number of hydrogen-bond donors (Lipinski definition) is 1. The fourth-order valence-corrected chi connectivity index (χ4v) is 3.95. The molecule has 0 aromatic heterocycles. The van der Waals surface area contributed by atoms with Crippen LogP contribution in [-0.2, 0) is 0 Å². The highest BCUT2D eigenvalue weighted by Gasteiger charge is 2.20. The predicted molar refractivity (Wildman–Crippen MR) is 103 cm³/mol. The minimum atomic E-state index is -0.0904. The highest BCUT2D eigenvalue weighted by molar-refractivity contribution is 14.1. The standard InChI is InChI=1S/C18H21BrIN/c1-9-10(2)12(4)17(13(5)11(9)3)18(21)15-8-14(19)6-7-16(15)20/h6-8,18H,21H2,1-5H3. The first kappa shape index (κ1) is 17.0. The summed E-state index contributed by atoms with van der Waals surface area (Å²) < 4.78 is 2.28. The fourth-order valence-electron chi connectivity index (χ4n) is 2.90. The Morgan fingerprint density at radius 1 is 0.905 bits per heavy atom. The Hall–Kier alpha value is -0.390. The summed E-state index contributed by atoms with van der Waals surface area (Å²) in [6.07, 6.45) is 0. The lowest BCUT2D eigenvalue weighted by Crippen LogP contribution is -2.18. The van der Waals surface area contributed by atoms with Crippen molar-refractivity contribution in [3.05, 3.63) is 65.2 Å². The van der Waals surface area contributed by atoms with Gasteiger partial charge in [0.15, 0.2) is 0 Å². The average Bonchev–Trinajstić information content (AvgIpc) is 2.45. The zero-order chi connectivity index (χ0) is 15.9. The van der Waals surface area contributed by atoms with Crippen LogP contribution in [0.5, 0.6) is 0 Å². The van der Waals surface area contributed by atoms with E-state index in [1.165, 1.54) is 42.5 Å². The smallest absolute Gasteiger partial charge is 0.0567 e. The molecule has 0 heterocycles. The van der Waals surface area contributed by atoms with Crippen LogP contribution in [0.2, 0.25) is 0 Å². The molecule has 112 valence electrons. The van der Waals surface area contributed by atoms with Crippen LogP contribution in [0.3, 0.4) is 0 Å². The zero-order valence-corrected chi connectivity index (χ0v) is 16.9. The number of hydrogen-bond acceptors (Lipinski definition) is 1. The van der Waals surface area contributed by atoms with Crippen molar-refractivity contribution in [3.8, 4) is 0 Å². The molecular formula is C18H21BrIN. The molecule has 21 heavy (non-hydrogen) atoms. The maximum atomic E-state index is 6.65. The Bertz CT molecular complexity index is 678. The van der Waals surface area contributed by atoms with Crippen LogP contribution in [0, 0.1) is 38.2 Å². The lowest BCUT2D eigenvalue weighted by molar-refractivity contribution is 0.837. The summed E-state index contributed by atoms with van der Waals surface area (Å²) in [5.41, 5.74) is 15.8. The van der Waals surface area contributed by atoms with Gasteiger partial charge in [-0.25, -0.2) is 0 Å². The molecule has 0 aliphatic heterocycles. The van der Waals surface area contributed by atoms with Crippen molar-refractivity contribution in [2.75, 3.05) is 0 Å². The van der Waals surface area contributed by atoms with E-state index in [-0.39, 0.29) is 6.04 Å². The molecule has 3 heteroatoms. The van der Waals surface area contributed by atoms with E-state index in [9.17, 15) is 0 Å². The number of rotatable bonds is 2. The largest absolute Gasteiger partial charge is 0.320 e. The molecule has 1 unspecified atom stereocenters. The van der Waals surface area contributed by atoms with Crippen molar-refractivity contribution in [1.82, 2.24) is 0 Å². The monoisotopic (exact) mass is 457 g/mol. The van der Waals surface area contributed by atoms with Crippen molar-refractivity contribution >= 4 is 38.5 Å². The second kappa shape index (κ2) is 6.39. The van der Waals surface area contributed by atoms with E-state index in [1.54, 1.807) is 0 Å². The lowest BCUT2D eigenvalue weighted by Gasteiger charge is -2.24. The predicted octanol–water partition coefficient (Wildman–Crippen LogP) is 5.64. The van der Waals surface area contributed by atoms with E-state index in [0.29, 0.717) is 0 Å². The Labute approximate surface area is 149 Å². The Morgan fingerprint density at radius 3 is 1.90 bits per heavy atom. The minimum Gasteiger partial charge on any atom is -0.320 e. The normalized spacial score (nSPS) is 12.6. The molecule has 0 radical (unpaired) electrons. The maximum absolute atomic E-state index is 6.65. The van der Waals surface area contributed by atoms with Crippen molar-refractivity contribution in [3.63, 3.8) is 0 Å². The first-order valence-corrected chi connectivity index (χ1v) is 8.90. The summed E-state index contributed by atoms with van der Waals surface area (Å²) in [6, 6.07) is 6.21. The molecule has 2 aromatic rings. The molecule has 0 spiro atoms. The summed E-state index contributed by atoms with van der Waals surface area (Å²) in [4.78, 5) is 0. The van der Waals surface area contributed by atoms with E-state index in [4.69, 9.17) is 5.73 Å². The molecule has 0 fully saturated rings. The molecule has 1 atom stereocenters. The molecule has 0 saturated carbocycles. The van der Waals surface area contributed by atoms with Crippen molar-refractivity contribution in [2.24, 2.45) is 5.73 Å². The summed E-state index contributed by atoms with van der Waals surface area (Å²) in [6.45, 7) is 11.0. The van der Waals surface area contributed by atoms with Gasteiger partial charge in [-0.1, -0.05) is 15.9 Å². The summed E-state index contributed by atoms with van der Waals surface area (Å²) in [5, 5.41) is 0. The molecule has 1 nitrogen and oxygen atoms in total.